The number of hydrogen-bond donors (Lipinski definition) is 2. The zero-order valence-electron chi connectivity index (χ0n) is 9.88. The predicted molar refractivity (Wildman–Crippen MR) is 65.1 cm³/mol. The van der Waals surface area contributed by atoms with Crippen molar-refractivity contribution in [3.8, 4) is 0 Å². The number of amides is 1. The van der Waals surface area contributed by atoms with Crippen LogP contribution in [-0.4, -0.2) is 19.2 Å². The number of benzene rings is 1. The Morgan fingerprint density at radius 1 is 1.29 bits per heavy atom. The molecule has 0 bridgehead atoms. The molecule has 1 amide bonds. The van der Waals surface area contributed by atoms with Crippen molar-refractivity contribution in [2.45, 2.75) is 25.4 Å². The van der Waals surface area contributed by atoms with Crippen LogP contribution in [0.4, 0.5) is 10.5 Å². The predicted octanol–water partition coefficient (Wildman–Crippen LogP) is 2.14. The highest BCUT2D eigenvalue weighted by Crippen LogP contribution is 2.42. The lowest BCUT2D eigenvalue weighted by atomic mass is 9.82. The second kappa shape index (κ2) is 3.74. The van der Waals surface area contributed by atoms with Crippen LogP contribution < -0.4 is 10.6 Å². The van der Waals surface area contributed by atoms with Crippen molar-refractivity contribution in [2.75, 3.05) is 18.4 Å². The number of anilines is 1. The molecule has 1 spiro atoms. The van der Waals surface area contributed by atoms with E-state index in [4.69, 9.17) is 4.74 Å². The molecule has 0 unspecified atom stereocenters. The summed E-state index contributed by atoms with van der Waals surface area (Å²) in [5.41, 5.74) is 2.75. The van der Waals surface area contributed by atoms with Gasteiger partial charge in [-0.3, -0.25) is 5.32 Å². The van der Waals surface area contributed by atoms with Gasteiger partial charge in [0.25, 0.3) is 0 Å². The van der Waals surface area contributed by atoms with Gasteiger partial charge in [0, 0.05) is 18.4 Å². The van der Waals surface area contributed by atoms with Crippen molar-refractivity contribution < 1.29 is 9.53 Å². The zero-order valence-corrected chi connectivity index (χ0v) is 9.88. The lowest BCUT2D eigenvalue weighted by molar-refractivity contribution is -0.0126. The number of piperidine rings is 1. The van der Waals surface area contributed by atoms with Crippen molar-refractivity contribution in [3.63, 3.8) is 0 Å². The highest BCUT2D eigenvalue weighted by atomic mass is 16.6. The first-order valence-electron chi connectivity index (χ1n) is 6.01. The van der Waals surface area contributed by atoms with Crippen molar-refractivity contribution >= 4 is 11.8 Å². The summed E-state index contributed by atoms with van der Waals surface area (Å²) in [5, 5.41) is 6.09. The minimum Gasteiger partial charge on any atom is -0.438 e. The molecule has 0 aromatic heterocycles. The molecule has 0 aliphatic carbocycles. The summed E-state index contributed by atoms with van der Waals surface area (Å²) in [6.45, 7) is 3.80. The van der Waals surface area contributed by atoms with Gasteiger partial charge < -0.3 is 10.1 Å². The molecular weight excluding hydrogens is 216 g/mol. The third kappa shape index (κ3) is 1.69. The molecule has 2 N–H and O–H groups in total. The van der Waals surface area contributed by atoms with Crippen molar-refractivity contribution in [2.24, 2.45) is 0 Å². The summed E-state index contributed by atoms with van der Waals surface area (Å²) in [7, 11) is 0. The first kappa shape index (κ1) is 10.6. The number of hydrogen-bond acceptors (Lipinski definition) is 3. The Bertz CT molecular complexity index is 464. The maximum atomic E-state index is 11.7. The maximum Gasteiger partial charge on any atom is 0.412 e. The topological polar surface area (TPSA) is 50.4 Å². The van der Waals surface area contributed by atoms with E-state index in [2.05, 4.69) is 22.8 Å². The zero-order chi connectivity index (χ0) is 11.9. The van der Waals surface area contributed by atoms with E-state index in [9.17, 15) is 4.79 Å². The number of rotatable bonds is 0. The van der Waals surface area contributed by atoms with Gasteiger partial charge in [0.05, 0.1) is 5.69 Å². The molecule has 4 nitrogen and oxygen atoms in total. The lowest BCUT2D eigenvalue weighted by Gasteiger charge is -2.41. The molecular formula is C13H16N2O2. The van der Waals surface area contributed by atoms with Gasteiger partial charge in [0.15, 0.2) is 0 Å². The summed E-state index contributed by atoms with van der Waals surface area (Å²) in [6, 6.07) is 6.17. The van der Waals surface area contributed by atoms with Crippen LogP contribution in [0.5, 0.6) is 0 Å². The van der Waals surface area contributed by atoms with E-state index < -0.39 is 5.60 Å². The van der Waals surface area contributed by atoms with Crippen LogP contribution in [0.15, 0.2) is 18.2 Å². The van der Waals surface area contributed by atoms with Gasteiger partial charge in [-0.2, -0.15) is 0 Å². The van der Waals surface area contributed by atoms with Crippen LogP contribution in [-0.2, 0) is 10.3 Å². The molecule has 1 fully saturated rings. The van der Waals surface area contributed by atoms with Gasteiger partial charge in [-0.15, -0.1) is 0 Å². The monoisotopic (exact) mass is 232 g/mol. The summed E-state index contributed by atoms with van der Waals surface area (Å²) in [6.07, 6.45) is 1.36. The van der Waals surface area contributed by atoms with E-state index >= 15 is 0 Å². The molecule has 0 atom stereocenters. The van der Waals surface area contributed by atoms with E-state index in [0.717, 1.165) is 42.7 Å². The molecule has 90 valence electrons. The first-order chi connectivity index (χ1) is 8.20. The molecule has 1 aromatic carbocycles. The fraction of sp³-hybridized carbons (Fsp3) is 0.462. The van der Waals surface area contributed by atoms with Crippen LogP contribution in [0, 0.1) is 6.92 Å². The second-order valence-electron chi connectivity index (χ2n) is 4.81. The first-order valence-corrected chi connectivity index (χ1v) is 6.01. The van der Waals surface area contributed by atoms with Crippen LogP contribution in [0.3, 0.4) is 0 Å². The summed E-state index contributed by atoms with van der Waals surface area (Å²) in [4.78, 5) is 11.7. The lowest BCUT2D eigenvalue weighted by Crippen LogP contribution is -2.46. The molecule has 3 rings (SSSR count). The molecule has 0 saturated carbocycles. The van der Waals surface area contributed by atoms with Gasteiger partial charge in [-0.05, 0) is 31.6 Å². The fourth-order valence-corrected chi connectivity index (χ4v) is 2.73. The van der Waals surface area contributed by atoms with Crippen LogP contribution in [0.2, 0.25) is 0 Å². The molecule has 2 aliphatic heterocycles. The third-order valence-corrected chi connectivity index (χ3v) is 3.60. The summed E-state index contributed by atoms with van der Waals surface area (Å²) < 4.78 is 5.59. The van der Waals surface area contributed by atoms with E-state index in [-0.39, 0.29) is 6.09 Å². The highest BCUT2D eigenvalue weighted by molar-refractivity contribution is 5.89. The average molecular weight is 232 g/mol. The van der Waals surface area contributed by atoms with Crippen molar-refractivity contribution in [3.05, 3.63) is 29.3 Å². The normalized spacial score (nSPS) is 21.6. The molecule has 2 aliphatic rings. The minimum absolute atomic E-state index is 0.329. The molecule has 4 heteroatoms. The Labute approximate surface area is 100 Å². The van der Waals surface area contributed by atoms with E-state index in [1.165, 1.54) is 0 Å². The largest absolute Gasteiger partial charge is 0.438 e. The van der Waals surface area contributed by atoms with Gasteiger partial charge in [0.1, 0.15) is 5.60 Å². The van der Waals surface area contributed by atoms with Crippen LogP contribution in [0.25, 0.3) is 0 Å². The number of ether oxygens (including phenoxy) is 1. The second-order valence-corrected chi connectivity index (χ2v) is 4.81. The molecule has 17 heavy (non-hydrogen) atoms. The average Bonchev–Trinajstić information content (AvgIpc) is 2.29. The number of carbonyl (C=O) groups excluding carboxylic acids is 1. The summed E-state index contributed by atoms with van der Waals surface area (Å²) >= 11 is 0. The molecule has 0 radical (unpaired) electrons. The van der Waals surface area contributed by atoms with Gasteiger partial charge in [0.2, 0.25) is 0 Å². The molecule has 1 aromatic rings. The Hall–Kier alpha value is -1.55. The van der Waals surface area contributed by atoms with E-state index in [1.807, 2.05) is 13.0 Å². The van der Waals surface area contributed by atoms with Crippen LogP contribution in [0.1, 0.15) is 24.0 Å². The van der Waals surface area contributed by atoms with Crippen molar-refractivity contribution in [1.82, 2.24) is 5.32 Å². The Kier molecular flexibility index (Phi) is 2.33. The van der Waals surface area contributed by atoms with Gasteiger partial charge in [-0.1, -0.05) is 12.1 Å². The number of aryl methyl sites for hydroxylation is 1. The summed E-state index contributed by atoms with van der Waals surface area (Å²) in [5.74, 6) is 0. The molecule has 1 saturated heterocycles. The quantitative estimate of drug-likeness (QED) is 0.720. The fourth-order valence-electron chi connectivity index (χ4n) is 2.73. The highest BCUT2D eigenvalue weighted by Gasteiger charge is 2.42. The smallest absolute Gasteiger partial charge is 0.412 e. The van der Waals surface area contributed by atoms with Gasteiger partial charge in [-0.25, -0.2) is 4.79 Å². The standard InChI is InChI=1S/C13H16N2O2/c1-9-2-3-10-11(8-9)15-12(16)17-13(10)4-6-14-7-5-13/h2-3,8,14H,4-7H2,1H3,(H,15,16). The number of fused-ring (bicyclic) bond motifs is 2. The third-order valence-electron chi connectivity index (χ3n) is 3.60. The van der Waals surface area contributed by atoms with Crippen LogP contribution >= 0.6 is 0 Å². The number of nitrogens with one attached hydrogen (secondary N) is 2. The Balaban J connectivity index is 2.09. The number of carbonyl (C=O) groups is 1. The van der Waals surface area contributed by atoms with Gasteiger partial charge >= 0.3 is 6.09 Å². The Morgan fingerprint density at radius 2 is 2.06 bits per heavy atom. The molecule has 2 heterocycles. The SMILES string of the molecule is Cc1ccc2c(c1)NC(=O)OC21CCNCC1. The maximum absolute atomic E-state index is 11.7. The Morgan fingerprint density at radius 3 is 2.82 bits per heavy atom. The van der Waals surface area contributed by atoms with E-state index in [1.54, 1.807) is 0 Å². The van der Waals surface area contributed by atoms with E-state index in [0.29, 0.717) is 0 Å². The minimum atomic E-state index is -0.420. The van der Waals surface area contributed by atoms with Crippen molar-refractivity contribution in [1.29, 1.82) is 0 Å².